The van der Waals surface area contributed by atoms with Crippen molar-refractivity contribution < 1.29 is 4.79 Å². The molecule has 0 saturated heterocycles. The molecular formula is C11H13N3OS2. The summed E-state index contributed by atoms with van der Waals surface area (Å²) < 4.78 is 1.69. The Morgan fingerprint density at radius 3 is 2.82 bits per heavy atom. The molecule has 0 aliphatic rings. The first kappa shape index (κ1) is 12.3. The van der Waals surface area contributed by atoms with Gasteiger partial charge in [-0.05, 0) is 20.1 Å². The van der Waals surface area contributed by atoms with E-state index in [9.17, 15) is 4.79 Å². The molecule has 2 aromatic heterocycles. The minimum atomic E-state index is -0.626. The van der Waals surface area contributed by atoms with Crippen molar-refractivity contribution in [2.24, 2.45) is 0 Å². The molecule has 6 heteroatoms. The van der Waals surface area contributed by atoms with E-state index >= 15 is 0 Å². The van der Waals surface area contributed by atoms with E-state index in [1.165, 1.54) is 11.3 Å². The Morgan fingerprint density at radius 1 is 1.53 bits per heavy atom. The monoisotopic (exact) mass is 267 g/mol. The number of rotatable bonds is 4. The summed E-state index contributed by atoms with van der Waals surface area (Å²) in [7, 11) is 0. The second-order valence-electron chi connectivity index (χ2n) is 4.14. The van der Waals surface area contributed by atoms with Gasteiger partial charge in [-0.2, -0.15) is 5.10 Å². The fourth-order valence-electron chi connectivity index (χ4n) is 1.36. The van der Waals surface area contributed by atoms with Crippen LogP contribution in [0, 0.1) is 0 Å². The molecule has 0 radical (unpaired) electrons. The molecule has 0 aliphatic carbocycles. The van der Waals surface area contributed by atoms with Crippen molar-refractivity contribution in [1.82, 2.24) is 14.8 Å². The van der Waals surface area contributed by atoms with E-state index in [1.54, 1.807) is 22.0 Å². The summed E-state index contributed by atoms with van der Waals surface area (Å²) in [5.74, 6) is 0. The first-order valence-electron chi connectivity index (χ1n) is 5.07. The zero-order valence-corrected chi connectivity index (χ0v) is 11.5. The summed E-state index contributed by atoms with van der Waals surface area (Å²) in [6.45, 7) is 3.67. The van der Waals surface area contributed by atoms with Crippen molar-refractivity contribution in [3.05, 3.63) is 17.1 Å². The maximum Gasteiger partial charge on any atom is 0.147 e. The zero-order valence-electron chi connectivity index (χ0n) is 9.88. The van der Waals surface area contributed by atoms with Crippen LogP contribution in [0.15, 0.2) is 22.0 Å². The van der Waals surface area contributed by atoms with Crippen LogP contribution in [0.25, 0.3) is 11.4 Å². The molecule has 2 heterocycles. The minimum absolute atomic E-state index is 0.626. The molecule has 0 fully saturated rings. The van der Waals surface area contributed by atoms with Crippen molar-refractivity contribution >= 4 is 29.4 Å². The third-order valence-corrected chi connectivity index (χ3v) is 3.78. The van der Waals surface area contributed by atoms with Gasteiger partial charge in [0.15, 0.2) is 0 Å². The number of thiazole rings is 1. The lowest BCUT2D eigenvalue weighted by Gasteiger charge is -2.16. The van der Waals surface area contributed by atoms with Crippen LogP contribution in [0.2, 0.25) is 0 Å². The molecule has 0 atom stereocenters. The van der Waals surface area contributed by atoms with Crippen molar-refractivity contribution in [3.8, 4) is 11.4 Å². The molecule has 0 aliphatic heterocycles. The third kappa shape index (κ3) is 2.28. The van der Waals surface area contributed by atoms with Crippen LogP contribution in [-0.2, 0) is 10.3 Å². The minimum Gasteiger partial charge on any atom is -0.301 e. The highest BCUT2D eigenvalue weighted by molar-refractivity contribution is 7.98. The van der Waals surface area contributed by atoms with Gasteiger partial charge in [-0.1, -0.05) is 0 Å². The topological polar surface area (TPSA) is 47.8 Å². The summed E-state index contributed by atoms with van der Waals surface area (Å²) in [5.41, 5.74) is 2.86. The van der Waals surface area contributed by atoms with Gasteiger partial charge in [-0.3, -0.25) is 4.68 Å². The van der Waals surface area contributed by atoms with Crippen molar-refractivity contribution in [2.45, 2.75) is 24.3 Å². The van der Waals surface area contributed by atoms with E-state index in [1.807, 2.05) is 31.7 Å². The van der Waals surface area contributed by atoms with Crippen LogP contribution in [-0.4, -0.2) is 27.3 Å². The molecule has 17 heavy (non-hydrogen) atoms. The number of aldehydes is 1. The molecule has 0 bridgehead atoms. The van der Waals surface area contributed by atoms with Gasteiger partial charge >= 0.3 is 0 Å². The second-order valence-corrected chi connectivity index (χ2v) is 5.70. The lowest BCUT2D eigenvalue weighted by molar-refractivity contribution is -0.114. The number of carbonyl (C=O) groups is 1. The Balaban J connectivity index is 2.51. The molecular weight excluding hydrogens is 254 g/mol. The highest BCUT2D eigenvalue weighted by atomic mass is 32.2. The molecule has 0 unspecified atom stereocenters. The zero-order chi connectivity index (χ0) is 12.5. The van der Waals surface area contributed by atoms with Crippen molar-refractivity contribution in [3.63, 3.8) is 0 Å². The van der Waals surface area contributed by atoms with Crippen LogP contribution in [0.3, 0.4) is 0 Å². The number of hydrogen-bond acceptors (Lipinski definition) is 5. The summed E-state index contributed by atoms with van der Waals surface area (Å²) in [4.78, 5) is 16.3. The van der Waals surface area contributed by atoms with Gasteiger partial charge in [0, 0.05) is 11.6 Å². The van der Waals surface area contributed by atoms with Gasteiger partial charge in [0.25, 0.3) is 0 Å². The lowest BCUT2D eigenvalue weighted by Crippen LogP contribution is -2.28. The quantitative estimate of drug-likeness (QED) is 0.631. The largest absolute Gasteiger partial charge is 0.301 e. The number of thioether (sulfide) groups is 1. The van der Waals surface area contributed by atoms with Crippen LogP contribution in [0.1, 0.15) is 13.8 Å². The number of aromatic nitrogens is 3. The predicted molar refractivity (Wildman–Crippen MR) is 70.5 cm³/mol. The molecule has 2 aromatic rings. The first-order valence-corrected chi connectivity index (χ1v) is 7.24. The molecule has 0 saturated carbocycles. The van der Waals surface area contributed by atoms with Gasteiger partial charge in [-0.15, -0.1) is 23.1 Å². The average Bonchev–Trinajstić information content (AvgIpc) is 2.97. The first-order chi connectivity index (χ1) is 8.08. The fraction of sp³-hybridized carbons (Fsp3) is 0.364. The van der Waals surface area contributed by atoms with E-state index in [0.29, 0.717) is 0 Å². The van der Waals surface area contributed by atoms with Gasteiger partial charge in [0.2, 0.25) is 0 Å². The van der Waals surface area contributed by atoms with E-state index in [-0.39, 0.29) is 0 Å². The van der Waals surface area contributed by atoms with E-state index in [2.05, 4.69) is 10.1 Å². The SMILES string of the molecule is CSc1cn(C(C)(C)C=O)nc1-c1cscn1. The fourth-order valence-corrected chi connectivity index (χ4v) is 2.44. The van der Waals surface area contributed by atoms with Crippen molar-refractivity contribution in [2.75, 3.05) is 6.26 Å². The molecule has 0 amide bonds. The Kier molecular flexibility index (Phi) is 3.35. The smallest absolute Gasteiger partial charge is 0.147 e. The normalized spacial score (nSPS) is 11.7. The number of hydrogen-bond donors (Lipinski definition) is 0. The molecule has 90 valence electrons. The maximum absolute atomic E-state index is 11.0. The molecule has 0 spiro atoms. The van der Waals surface area contributed by atoms with E-state index in [0.717, 1.165) is 22.6 Å². The Bertz CT molecular complexity index is 517. The van der Waals surface area contributed by atoms with Crippen LogP contribution in [0.4, 0.5) is 0 Å². The lowest BCUT2D eigenvalue weighted by atomic mass is 10.1. The standard InChI is InChI=1S/C11H13N3OS2/c1-11(2,6-15)14-4-9(16-3)10(13-14)8-5-17-7-12-8/h4-7H,1-3H3. The van der Waals surface area contributed by atoms with Crippen molar-refractivity contribution in [1.29, 1.82) is 0 Å². The van der Waals surface area contributed by atoms with Gasteiger partial charge < -0.3 is 4.79 Å². The van der Waals surface area contributed by atoms with Crippen LogP contribution < -0.4 is 0 Å². The summed E-state index contributed by atoms with van der Waals surface area (Å²) >= 11 is 3.14. The summed E-state index contributed by atoms with van der Waals surface area (Å²) in [6, 6.07) is 0. The summed E-state index contributed by atoms with van der Waals surface area (Å²) in [5, 5.41) is 6.43. The van der Waals surface area contributed by atoms with Gasteiger partial charge in [-0.25, -0.2) is 4.98 Å². The molecule has 0 N–H and O–H groups in total. The van der Waals surface area contributed by atoms with E-state index < -0.39 is 5.54 Å². The highest BCUT2D eigenvalue weighted by Gasteiger charge is 2.23. The predicted octanol–water partition coefficient (Wildman–Crippen LogP) is 2.66. The Morgan fingerprint density at radius 2 is 2.29 bits per heavy atom. The molecule has 2 rings (SSSR count). The average molecular weight is 267 g/mol. The highest BCUT2D eigenvalue weighted by Crippen LogP contribution is 2.30. The third-order valence-electron chi connectivity index (χ3n) is 2.45. The number of carbonyl (C=O) groups excluding carboxylic acids is 1. The van der Waals surface area contributed by atoms with Gasteiger partial charge in [0.1, 0.15) is 23.2 Å². The molecule has 4 nitrogen and oxygen atoms in total. The Labute approximate surface area is 108 Å². The van der Waals surface area contributed by atoms with Gasteiger partial charge in [0.05, 0.1) is 10.4 Å². The van der Waals surface area contributed by atoms with E-state index in [4.69, 9.17) is 0 Å². The Hall–Kier alpha value is -1.14. The number of nitrogens with zero attached hydrogens (tertiary/aromatic N) is 3. The second kappa shape index (κ2) is 4.62. The van der Waals surface area contributed by atoms with Crippen LogP contribution in [0.5, 0.6) is 0 Å². The maximum atomic E-state index is 11.0. The molecule has 0 aromatic carbocycles. The summed E-state index contributed by atoms with van der Waals surface area (Å²) in [6.07, 6.45) is 4.79. The van der Waals surface area contributed by atoms with Crippen LogP contribution >= 0.6 is 23.1 Å².